The minimum absolute atomic E-state index is 0.134. The number of pyridine rings is 1. The number of carbonyl (C=O) groups is 1. The first kappa shape index (κ1) is 19.4. The van der Waals surface area contributed by atoms with Gasteiger partial charge in [0.25, 0.3) is 0 Å². The minimum atomic E-state index is -0.228. The number of fused-ring (bicyclic) bond motifs is 1. The van der Waals surface area contributed by atoms with E-state index in [-0.39, 0.29) is 17.7 Å². The van der Waals surface area contributed by atoms with Crippen LogP contribution in [0.4, 0.5) is 11.4 Å². The number of hydrogen-bond acceptors (Lipinski definition) is 5. The van der Waals surface area contributed by atoms with E-state index in [4.69, 9.17) is 4.74 Å². The molecule has 2 N–H and O–H groups in total. The van der Waals surface area contributed by atoms with Crippen molar-refractivity contribution in [1.82, 2.24) is 4.98 Å². The van der Waals surface area contributed by atoms with Crippen molar-refractivity contribution < 1.29 is 9.53 Å². The average Bonchev–Trinajstić information content (AvgIpc) is 2.97. The largest absolute Gasteiger partial charge is 0.494 e. The Morgan fingerprint density at radius 1 is 0.968 bits per heavy atom. The third kappa shape index (κ3) is 3.79. The van der Waals surface area contributed by atoms with E-state index in [1.807, 2.05) is 61.7 Å². The molecule has 0 radical (unpaired) electrons. The van der Waals surface area contributed by atoms with E-state index in [9.17, 15) is 4.79 Å². The highest BCUT2D eigenvalue weighted by Crippen LogP contribution is 2.44. The number of benzene rings is 2. The monoisotopic (exact) mass is 411 g/mol. The minimum Gasteiger partial charge on any atom is -0.494 e. The molecule has 2 atom stereocenters. The van der Waals surface area contributed by atoms with Crippen molar-refractivity contribution in [3.05, 3.63) is 95.5 Å². The molecule has 156 valence electrons. The molecule has 2 aromatic carbocycles. The van der Waals surface area contributed by atoms with Crippen molar-refractivity contribution in [1.29, 1.82) is 0 Å². The summed E-state index contributed by atoms with van der Waals surface area (Å²) in [5, 5.41) is 7.16. The summed E-state index contributed by atoms with van der Waals surface area (Å²) in [4.78, 5) is 17.8. The standard InChI is InChI=1S/C26H25N3O2/c1-2-31-20-11-9-17(10-12-20)19-14-23-25(24(30)15-19)26(18-6-5-13-27-16-18)29-22-8-4-3-7-21(22)28-23/h3-13,16,19,26,28-29H,2,14-15H2,1H3/t19-,26-/m1/s1. The van der Waals surface area contributed by atoms with Gasteiger partial charge in [-0.3, -0.25) is 9.78 Å². The number of Topliss-reactive ketones (excluding diaryl/α,β-unsaturated/α-hetero) is 1. The van der Waals surface area contributed by atoms with Crippen molar-refractivity contribution in [2.75, 3.05) is 17.2 Å². The molecule has 3 aromatic rings. The van der Waals surface area contributed by atoms with Crippen molar-refractivity contribution in [3.63, 3.8) is 0 Å². The maximum absolute atomic E-state index is 13.5. The molecule has 0 saturated heterocycles. The SMILES string of the molecule is CCOc1ccc([C@H]2CC(=O)C3=C(C2)Nc2ccccc2N[C@@H]3c2cccnc2)cc1. The van der Waals surface area contributed by atoms with Crippen LogP contribution in [0.1, 0.15) is 42.9 Å². The fraction of sp³-hybridized carbons (Fsp3) is 0.231. The number of hydrogen-bond donors (Lipinski definition) is 2. The lowest BCUT2D eigenvalue weighted by atomic mass is 9.78. The summed E-state index contributed by atoms with van der Waals surface area (Å²) < 4.78 is 5.57. The van der Waals surface area contributed by atoms with E-state index in [1.54, 1.807) is 6.20 Å². The van der Waals surface area contributed by atoms with Crippen molar-refractivity contribution in [2.24, 2.45) is 0 Å². The number of anilines is 2. The Balaban J connectivity index is 1.54. The first-order chi connectivity index (χ1) is 15.2. The van der Waals surface area contributed by atoms with E-state index in [0.29, 0.717) is 13.0 Å². The summed E-state index contributed by atoms with van der Waals surface area (Å²) in [6.45, 7) is 2.62. The number of carbonyl (C=O) groups excluding carboxylic acids is 1. The van der Waals surface area contributed by atoms with Gasteiger partial charge in [-0.05, 0) is 60.7 Å². The lowest BCUT2D eigenvalue weighted by molar-refractivity contribution is -0.116. The highest BCUT2D eigenvalue weighted by atomic mass is 16.5. The smallest absolute Gasteiger partial charge is 0.163 e. The molecule has 1 aliphatic carbocycles. The molecule has 2 aliphatic rings. The summed E-state index contributed by atoms with van der Waals surface area (Å²) in [6, 6.07) is 19.9. The van der Waals surface area contributed by atoms with Gasteiger partial charge in [0, 0.05) is 30.1 Å². The van der Waals surface area contributed by atoms with E-state index in [0.717, 1.165) is 45.9 Å². The van der Waals surface area contributed by atoms with Gasteiger partial charge in [-0.1, -0.05) is 30.3 Å². The molecule has 0 fully saturated rings. The Morgan fingerprint density at radius 2 is 1.77 bits per heavy atom. The van der Waals surface area contributed by atoms with Crippen LogP contribution in [0, 0.1) is 0 Å². The van der Waals surface area contributed by atoms with Crippen LogP contribution in [-0.4, -0.2) is 17.4 Å². The molecule has 5 rings (SSSR count). The van der Waals surface area contributed by atoms with Crippen LogP contribution >= 0.6 is 0 Å². The fourth-order valence-electron chi connectivity index (χ4n) is 4.53. The Bertz CT molecular complexity index is 1120. The Hall–Kier alpha value is -3.60. The highest BCUT2D eigenvalue weighted by molar-refractivity contribution is 6.01. The first-order valence-corrected chi connectivity index (χ1v) is 10.7. The van der Waals surface area contributed by atoms with Gasteiger partial charge in [0.1, 0.15) is 5.75 Å². The van der Waals surface area contributed by atoms with E-state index in [2.05, 4.69) is 27.8 Å². The Morgan fingerprint density at radius 3 is 2.52 bits per heavy atom. The second kappa shape index (κ2) is 8.26. The van der Waals surface area contributed by atoms with Crippen LogP contribution < -0.4 is 15.4 Å². The zero-order valence-electron chi connectivity index (χ0n) is 17.5. The third-order valence-electron chi connectivity index (χ3n) is 5.99. The van der Waals surface area contributed by atoms with Crippen LogP contribution in [0.25, 0.3) is 0 Å². The molecular formula is C26H25N3O2. The van der Waals surface area contributed by atoms with Crippen molar-refractivity contribution in [3.8, 4) is 5.75 Å². The number of rotatable bonds is 4. The summed E-state index contributed by atoms with van der Waals surface area (Å²) in [7, 11) is 0. The Labute approximate surface area is 182 Å². The lowest BCUT2D eigenvalue weighted by Gasteiger charge is -2.29. The van der Waals surface area contributed by atoms with E-state index >= 15 is 0 Å². The molecule has 31 heavy (non-hydrogen) atoms. The quantitative estimate of drug-likeness (QED) is 0.597. The maximum Gasteiger partial charge on any atom is 0.163 e. The van der Waals surface area contributed by atoms with Crippen molar-refractivity contribution >= 4 is 17.2 Å². The predicted molar refractivity (Wildman–Crippen MR) is 122 cm³/mol. The van der Waals surface area contributed by atoms with Gasteiger partial charge in [0.2, 0.25) is 0 Å². The van der Waals surface area contributed by atoms with Crippen LogP contribution in [0.2, 0.25) is 0 Å². The number of aromatic nitrogens is 1. The van der Waals surface area contributed by atoms with Crippen LogP contribution in [0.15, 0.2) is 84.3 Å². The number of nitrogens with zero attached hydrogens (tertiary/aromatic N) is 1. The summed E-state index contributed by atoms with van der Waals surface area (Å²) >= 11 is 0. The number of ketones is 1. The zero-order chi connectivity index (χ0) is 21.2. The molecule has 1 aliphatic heterocycles. The number of ether oxygens (including phenoxy) is 1. The highest BCUT2D eigenvalue weighted by Gasteiger charge is 2.36. The van der Waals surface area contributed by atoms with Gasteiger partial charge in [0.15, 0.2) is 5.78 Å². The maximum atomic E-state index is 13.5. The molecule has 5 heteroatoms. The molecule has 0 spiro atoms. The van der Waals surface area contributed by atoms with Crippen LogP contribution in [0.3, 0.4) is 0 Å². The first-order valence-electron chi connectivity index (χ1n) is 10.7. The van der Waals surface area contributed by atoms with Crippen molar-refractivity contribution in [2.45, 2.75) is 31.7 Å². The lowest BCUT2D eigenvalue weighted by Crippen LogP contribution is -2.26. The molecule has 0 bridgehead atoms. The van der Waals surface area contributed by atoms with Crippen LogP contribution in [-0.2, 0) is 4.79 Å². The topological polar surface area (TPSA) is 63.2 Å². The van der Waals surface area contributed by atoms with Gasteiger partial charge in [-0.25, -0.2) is 0 Å². The van der Waals surface area contributed by atoms with Crippen LogP contribution in [0.5, 0.6) is 5.75 Å². The number of allylic oxidation sites excluding steroid dienone is 1. The predicted octanol–water partition coefficient (Wildman–Crippen LogP) is 5.46. The normalized spacial score (nSPS) is 20.1. The number of nitrogens with one attached hydrogen (secondary N) is 2. The molecule has 1 aromatic heterocycles. The van der Waals surface area contributed by atoms with Gasteiger partial charge < -0.3 is 15.4 Å². The van der Waals surface area contributed by atoms with Gasteiger partial charge in [-0.2, -0.15) is 0 Å². The van der Waals surface area contributed by atoms with E-state index < -0.39 is 0 Å². The van der Waals surface area contributed by atoms with Gasteiger partial charge in [-0.15, -0.1) is 0 Å². The average molecular weight is 412 g/mol. The second-order valence-electron chi connectivity index (χ2n) is 7.96. The molecule has 2 heterocycles. The number of para-hydroxylation sites is 2. The molecule has 5 nitrogen and oxygen atoms in total. The summed E-state index contributed by atoms with van der Waals surface area (Å²) in [5.41, 5.74) is 5.92. The molecule has 0 saturated carbocycles. The van der Waals surface area contributed by atoms with Gasteiger partial charge >= 0.3 is 0 Å². The molecule has 0 amide bonds. The second-order valence-corrected chi connectivity index (χ2v) is 7.96. The third-order valence-corrected chi connectivity index (χ3v) is 5.99. The Kier molecular flexibility index (Phi) is 5.16. The zero-order valence-corrected chi connectivity index (χ0v) is 17.5. The molecule has 0 unspecified atom stereocenters. The molecular weight excluding hydrogens is 386 g/mol. The van der Waals surface area contributed by atoms with E-state index in [1.165, 1.54) is 0 Å². The summed E-state index contributed by atoms with van der Waals surface area (Å²) in [6.07, 6.45) is 4.86. The summed E-state index contributed by atoms with van der Waals surface area (Å²) in [5.74, 6) is 1.16. The van der Waals surface area contributed by atoms with Gasteiger partial charge in [0.05, 0.1) is 24.0 Å². The fourth-order valence-corrected chi connectivity index (χ4v) is 4.53.